The van der Waals surface area contributed by atoms with Crippen LogP contribution in [0.5, 0.6) is 0 Å². The van der Waals surface area contributed by atoms with Crippen molar-refractivity contribution in [2.75, 3.05) is 0 Å². The van der Waals surface area contributed by atoms with E-state index >= 15 is 0 Å². The molecule has 2 rings (SSSR count). The van der Waals surface area contributed by atoms with Gasteiger partial charge in [-0.15, -0.1) is 12.4 Å². The molecule has 84 valence electrons. The Morgan fingerprint density at radius 1 is 1.27 bits per heavy atom. The highest BCUT2D eigenvalue weighted by Gasteiger charge is 2.26. The third-order valence-corrected chi connectivity index (χ3v) is 3.31. The van der Waals surface area contributed by atoms with Crippen molar-refractivity contribution >= 4 is 35.6 Å². The first-order valence-electron chi connectivity index (χ1n) is 4.88. The number of hydrogen-bond acceptors (Lipinski definition) is 1. The van der Waals surface area contributed by atoms with Crippen molar-refractivity contribution < 1.29 is 0 Å². The number of nitrogens with two attached hydrogens (primary N) is 1. The summed E-state index contributed by atoms with van der Waals surface area (Å²) in [6.07, 6.45) is 3.61. The van der Waals surface area contributed by atoms with Crippen LogP contribution in [0.1, 0.15) is 30.9 Å². The van der Waals surface area contributed by atoms with Gasteiger partial charge in [-0.1, -0.05) is 42.1 Å². The van der Waals surface area contributed by atoms with E-state index in [1.165, 1.54) is 12.8 Å². The van der Waals surface area contributed by atoms with Gasteiger partial charge in [0.05, 0.1) is 0 Å². The second-order valence-electron chi connectivity index (χ2n) is 3.92. The van der Waals surface area contributed by atoms with Gasteiger partial charge in [-0.3, -0.25) is 0 Å². The monoisotopic (exact) mass is 265 g/mol. The maximum absolute atomic E-state index is 6.07. The molecule has 1 aromatic carbocycles. The summed E-state index contributed by atoms with van der Waals surface area (Å²) in [5.41, 5.74) is 6.97. The predicted molar refractivity (Wildman–Crippen MR) is 68.0 cm³/mol. The van der Waals surface area contributed by atoms with Crippen molar-refractivity contribution in [2.24, 2.45) is 11.7 Å². The molecular formula is C11H14Cl3N. The molecule has 1 aliphatic carbocycles. The number of halogens is 3. The van der Waals surface area contributed by atoms with E-state index in [0.717, 1.165) is 17.9 Å². The Kier molecular flexibility index (Phi) is 4.72. The van der Waals surface area contributed by atoms with Crippen molar-refractivity contribution in [3.05, 3.63) is 33.8 Å². The Labute approximate surface area is 106 Å². The van der Waals surface area contributed by atoms with E-state index in [1.54, 1.807) is 0 Å². The molecule has 1 aromatic rings. The van der Waals surface area contributed by atoms with E-state index in [1.807, 2.05) is 18.2 Å². The number of rotatable bonds is 3. The van der Waals surface area contributed by atoms with Crippen LogP contribution in [0.15, 0.2) is 18.2 Å². The Morgan fingerprint density at radius 3 is 2.27 bits per heavy atom. The SMILES string of the molecule is Cl.N[C@H](CC1CC1)c1c(Cl)cccc1Cl. The first-order chi connectivity index (χ1) is 6.68. The van der Waals surface area contributed by atoms with Gasteiger partial charge >= 0.3 is 0 Å². The highest BCUT2D eigenvalue weighted by Crippen LogP contribution is 2.39. The molecule has 0 unspecified atom stereocenters. The average Bonchev–Trinajstić information content (AvgIpc) is 2.87. The predicted octanol–water partition coefficient (Wildman–Crippen LogP) is 4.22. The smallest absolute Gasteiger partial charge is 0.0468 e. The molecule has 0 aliphatic heterocycles. The van der Waals surface area contributed by atoms with Gasteiger partial charge in [-0.25, -0.2) is 0 Å². The van der Waals surface area contributed by atoms with Gasteiger partial charge in [-0.05, 0) is 24.5 Å². The molecule has 15 heavy (non-hydrogen) atoms. The van der Waals surface area contributed by atoms with Crippen LogP contribution >= 0.6 is 35.6 Å². The fraction of sp³-hybridized carbons (Fsp3) is 0.455. The highest BCUT2D eigenvalue weighted by molar-refractivity contribution is 6.36. The van der Waals surface area contributed by atoms with Crippen LogP contribution in [0, 0.1) is 5.92 Å². The summed E-state index contributed by atoms with van der Waals surface area (Å²) >= 11 is 12.1. The molecule has 1 atom stereocenters. The van der Waals surface area contributed by atoms with Crippen LogP contribution in [0.2, 0.25) is 10.0 Å². The summed E-state index contributed by atoms with van der Waals surface area (Å²) in [6, 6.07) is 5.52. The lowest BCUT2D eigenvalue weighted by molar-refractivity contribution is 0.597. The minimum absolute atomic E-state index is 0. The van der Waals surface area contributed by atoms with Gasteiger partial charge in [0.15, 0.2) is 0 Å². The van der Waals surface area contributed by atoms with E-state index in [4.69, 9.17) is 28.9 Å². The molecule has 1 fully saturated rings. The van der Waals surface area contributed by atoms with E-state index in [-0.39, 0.29) is 18.4 Å². The van der Waals surface area contributed by atoms with Gasteiger partial charge in [0.25, 0.3) is 0 Å². The van der Waals surface area contributed by atoms with Crippen LogP contribution in [0.4, 0.5) is 0 Å². The van der Waals surface area contributed by atoms with Gasteiger partial charge in [0, 0.05) is 21.7 Å². The normalized spacial score (nSPS) is 17.0. The zero-order valence-electron chi connectivity index (χ0n) is 8.25. The Morgan fingerprint density at radius 2 is 1.80 bits per heavy atom. The molecule has 1 aliphatic rings. The van der Waals surface area contributed by atoms with Crippen LogP contribution in [0.25, 0.3) is 0 Å². The number of hydrogen-bond donors (Lipinski definition) is 1. The fourth-order valence-corrected chi connectivity index (χ4v) is 2.37. The fourth-order valence-electron chi connectivity index (χ4n) is 1.70. The molecule has 0 radical (unpaired) electrons. The zero-order valence-corrected chi connectivity index (χ0v) is 10.6. The van der Waals surface area contributed by atoms with E-state index in [0.29, 0.717) is 10.0 Å². The van der Waals surface area contributed by atoms with E-state index < -0.39 is 0 Å². The highest BCUT2D eigenvalue weighted by atomic mass is 35.5. The number of benzene rings is 1. The molecule has 0 spiro atoms. The van der Waals surface area contributed by atoms with Gasteiger partial charge in [0.1, 0.15) is 0 Å². The summed E-state index contributed by atoms with van der Waals surface area (Å²) in [6.45, 7) is 0. The summed E-state index contributed by atoms with van der Waals surface area (Å²) in [4.78, 5) is 0. The van der Waals surface area contributed by atoms with Crippen molar-refractivity contribution in [1.29, 1.82) is 0 Å². The molecule has 2 N–H and O–H groups in total. The third-order valence-electron chi connectivity index (χ3n) is 2.65. The molecule has 0 saturated heterocycles. The molecule has 4 heteroatoms. The van der Waals surface area contributed by atoms with Crippen LogP contribution < -0.4 is 5.73 Å². The first kappa shape index (κ1) is 13.1. The van der Waals surface area contributed by atoms with Crippen molar-refractivity contribution in [3.8, 4) is 0 Å². The van der Waals surface area contributed by atoms with Crippen molar-refractivity contribution in [2.45, 2.75) is 25.3 Å². The second kappa shape index (κ2) is 5.40. The van der Waals surface area contributed by atoms with Gasteiger partial charge in [0.2, 0.25) is 0 Å². The topological polar surface area (TPSA) is 26.0 Å². The summed E-state index contributed by atoms with van der Waals surface area (Å²) in [5.74, 6) is 0.789. The van der Waals surface area contributed by atoms with Crippen LogP contribution in [-0.2, 0) is 0 Å². The van der Waals surface area contributed by atoms with Crippen molar-refractivity contribution in [1.82, 2.24) is 0 Å². The molecule has 0 bridgehead atoms. The summed E-state index contributed by atoms with van der Waals surface area (Å²) in [7, 11) is 0. The first-order valence-corrected chi connectivity index (χ1v) is 5.63. The Bertz CT molecular complexity index is 316. The minimum Gasteiger partial charge on any atom is -0.324 e. The second-order valence-corrected chi connectivity index (χ2v) is 4.74. The molecule has 0 amide bonds. The zero-order chi connectivity index (χ0) is 10.1. The summed E-state index contributed by atoms with van der Waals surface area (Å²) < 4.78 is 0. The average molecular weight is 267 g/mol. The molecule has 0 aromatic heterocycles. The molecular weight excluding hydrogens is 252 g/mol. The lowest BCUT2D eigenvalue weighted by Gasteiger charge is -2.14. The minimum atomic E-state index is -0.0105. The largest absolute Gasteiger partial charge is 0.324 e. The quantitative estimate of drug-likeness (QED) is 0.871. The van der Waals surface area contributed by atoms with Gasteiger partial charge < -0.3 is 5.73 Å². The standard InChI is InChI=1S/C11H13Cl2N.ClH/c12-8-2-1-3-9(13)11(8)10(14)6-7-4-5-7;/h1-3,7,10H,4-6,14H2;1H/t10-;/m1./s1. The summed E-state index contributed by atoms with van der Waals surface area (Å²) in [5, 5.41) is 1.37. The maximum atomic E-state index is 6.07. The van der Waals surface area contributed by atoms with E-state index in [9.17, 15) is 0 Å². The Balaban J connectivity index is 0.00000112. The van der Waals surface area contributed by atoms with Gasteiger partial charge in [-0.2, -0.15) is 0 Å². The maximum Gasteiger partial charge on any atom is 0.0468 e. The molecule has 1 saturated carbocycles. The molecule has 0 heterocycles. The molecule has 1 nitrogen and oxygen atoms in total. The third kappa shape index (κ3) is 3.25. The van der Waals surface area contributed by atoms with E-state index in [2.05, 4.69) is 0 Å². The van der Waals surface area contributed by atoms with Crippen LogP contribution in [-0.4, -0.2) is 0 Å². The lowest BCUT2D eigenvalue weighted by atomic mass is 10.0. The Hall–Kier alpha value is 0.0500. The lowest BCUT2D eigenvalue weighted by Crippen LogP contribution is -2.12. The van der Waals surface area contributed by atoms with Crippen molar-refractivity contribution in [3.63, 3.8) is 0 Å². The van der Waals surface area contributed by atoms with Crippen LogP contribution in [0.3, 0.4) is 0 Å².